The molecule has 4 fully saturated rings. The molecule has 12 nitrogen and oxygen atoms in total. The minimum absolute atomic E-state index is 0.0220. The minimum Gasteiger partial charge on any atom is -0.371 e. The van der Waals surface area contributed by atoms with E-state index in [1.807, 2.05) is 30.5 Å². The molecule has 266 valence electrons. The van der Waals surface area contributed by atoms with Gasteiger partial charge < -0.3 is 19.7 Å². The summed E-state index contributed by atoms with van der Waals surface area (Å²) < 4.78 is 2.12. The van der Waals surface area contributed by atoms with Gasteiger partial charge in [-0.15, -0.1) is 0 Å². The van der Waals surface area contributed by atoms with Crippen molar-refractivity contribution in [3.05, 3.63) is 70.6 Å². The number of anilines is 3. The Kier molecular flexibility index (Phi) is 8.91. The highest BCUT2D eigenvalue weighted by atomic mass is 35.5. The smallest absolute Gasteiger partial charge is 0.270 e. The summed E-state index contributed by atoms with van der Waals surface area (Å²) in [4.78, 5) is 57.6. The number of rotatable bonds is 8. The van der Waals surface area contributed by atoms with E-state index in [9.17, 15) is 14.4 Å². The van der Waals surface area contributed by atoms with Crippen LogP contribution in [0.5, 0.6) is 0 Å². The van der Waals surface area contributed by atoms with E-state index in [4.69, 9.17) is 16.6 Å². The zero-order valence-electron chi connectivity index (χ0n) is 29.2. The molecule has 1 aromatic carbocycles. The third kappa shape index (κ3) is 6.67. The van der Waals surface area contributed by atoms with Gasteiger partial charge in [-0.05, 0) is 72.9 Å². The lowest BCUT2D eigenvalue weighted by Gasteiger charge is -2.54. The lowest BCUT2D eigenvalue weighted by Crippen LogP contribution is -2.59. The van der Waals surface area contributed by atoms with Crippen LogP contribution in [0, 0.1) is 5.41 Å². The van der Waals surface area contributed by atoms with Gasteiger partial charge in [0.25, 0.3) is 5.91 Å². The lowest BCUT2D eigenvalue weighted by molar-refractivity contribution is -0.134. The first kappa shape index (κ1) is 33.6. The maximum atomic E-state index is 13.0. The van der Waals surface area contributed by atoms with Crippen LogP contribution in [-0.2, 0) is 16.1 Å². The van der Waals surface area contributed by atoms with E-state index in [-0.39, 0.29) is 29.7 Å². The Morgan fingerprint density at radius 3 is 2.49 bits per heavy atom. The normalized spacial score (nSPS) is 20.8. The highest BCUT2D eigenvalue weighted by Gasteiger charge is 2.44. The molecule has 0 bridgehead atoms. The van der Waals surface area contributed by atoms with Gasteiger partial charge in [0, 0.05) is 87.8 Å². The highest BCUT2D eigenvalue weighted by Crippen LogP contribution is 2.43. The van der Waals surface area contributed by atoms with Gasteiger partial charge in [0.05, 0.1) is 5.92 Å². The summed E-state index contributed by atoms with van der Waals surface area (Å²) in [6.07, 6.45) is 11.2. The van der Waals surface area contributed by atoms with Gasteiger partial charge in [0.15, 0.2) is 0 Å². The van der Waals surface area contributed by atoms with Crippen molar-refractivity contribution in [3.8, 4) is 0 Å². The van der Waals surface area contributed by atoms with Crippen LogP contribution < -0.4 is 15.5 Å². The first-order valence-electron chi connectivity index (χ1n) is 18.1. The zero-order chi connectivity index (χ0) is 35.3. The molecular weight excluding hydrogens is 666 g/mol. The van der Waals surface area contributed by atoms with Crippen LogP contribution in [0.3, 0.4) is 0 Å². The number of imide groups is 1. The molecule has 6 heterocycles. The predicted octanol–water partition coefficient (Wildman–Crippen LogP) is 5.66. The molecule has 51 heavy (non-hydrogen) atoms. The number of pyridine rings is 1. The average Bonchev–Trinajstić information content (AvgIpc) is 3.77. The average molecular weight is 710 g/mol. The fraction of sp³-hybridized carbons (Fsp3) is 0.474. The molecular formula is C38H44ClN9O3. The molecule has 4 aromatic rings. The minimum atomic E-state index is -0.378. The molecule has 3 aliphatic heterocycles. The number of carbonyl (C=O) groups is 3. The Labute approximate surface area is 302 Å². The summed E-state index contributed by atoms with van der Waals surface area (Å²) in [5, 5.41) is 7.16. The summed E-state index contributed by atoms with van der Waals surface area (Å²) in [6.45, 7) is 4.94. The second-order valence-corrected chi connectivity index (χ2v) is 15.4. The predicted molar refractivity (Wildman–Crippen MR) is 196 cm³/mol. The number of likely N-dealkylation sites (tertiary alicyclic amines) is 1. The van der Waals surface area contributed by atoms with E-state index < -0.39 is 0 Å². The first-order valence-corrected chi connectivity index (χ1v) is 18.4. The van der Waals surface area contributed by atoms with Crippen molar-refractivity contribution >= 4 is 57.8 Å². The summed E-state index contributed by atoms with van der Waals surface area (Å²) in [6, 6.07) is 12.2. The Hall–Kier alpha value is -4.55. The topological polar surface area (TPSA) is 129 Å². The van der Waals surface area contributed by atoms with Gasteiger partial charge in [-0.3, -0.25) is 24.6 Å². The monoisotopic (exact) mass is 709 g/mol. The Morgan fingerprint density at radius 2 is 1.80 bits per heavy atom. The molecule has 0 radical (unpaired) electrons. The molecule has 13 heteroatoms. The van der Waals surface area contributed by atoms with Crippen LogP contribution in [0.25, 0.3) is 11.0 Å². The molecule has 3 saturated heterocycles. The van der Waals surface area contributed by atoms with E-state index in [0.717, 1.165) is 99.1 Å². The standard InChI is InChI=1S/C38H44ClN9O3/c1-45(2)36(51)31-17-25-20-41-37(44-34(25)48(31)26-5-3-4-6-26)42-32-11-7-24(19-40-32)21-46-22-38(23-46)13-15-47(16-14-38)27-8-9-28(30(39)18-27)29-10-12-33(49)43-35(29)50/h7-9,11,17-20,26,29H,3-6,10,12-16,21-23H2,1-2H3,(H,43,49,50)(H,40,41,42,44)/t29-/m0/s1. The third-order valence-electron chi connectivity index (χ3n) is 11.3. The van der Waals surface area contributed by atoms with Gasteiger partial charge in [-0.1, -0.05) is 36.6 Å². The van der Waals surface area contributed by atoms with Gasteiger partial charge in [0.2, 0.25) is 17.8 Å². The number of hydrogen-bond donors (Lipinski definition) is 2. The summed E-state index contributed by atoms with van der Waals surface area (Å²) in [5.41, 5.74) is 4.82. The largest absolute Gasteiger partial charge is 0.371 e. The number of benzene rings is 1. The second-order valence-electron chi connectivity index (χ2n) is 15.0. The molecule has 1 spiro atoms. The van der Waals surface area contributed by atoms with Crippen LogP contribution in [0.2, 0.25) is 5.02 Å². The van der Waals surface area contributed by atoms with E-state index in [1.54, 1.807) is 25.2 Å². The molecule has 3 amide bonds. The van der Waals surface area contributed by atoms with Crippen LogP contribution in [-0.4, -0.2) is 87.3 Å². The number of nitrogens with zero attached hydrogens (tertiary/aromatic N) is 7. The SMILES string of the molecule is CN(C)C(=O)c1cc2cnc(Nc3ccc(CN4CC5(CCN(c6ccc([C@@H]7CCC(=O)NC7=O)c(Cl)c6)CC5)C4)cn3)nc2n1C1CCCC1. The van der Waals surface area contributed by atoms with Crippen molar-refractivity contribution in [3.63, 3.8) is 0 Å². The Balaban J connectivity index is 0.852. The van der Waals surface area contributed by atoms with Crippen LogP contribution >= 0.6 is 11.6 Å². The fourth-order valence-corrected chi connectivity index (χ4v) is 8.82. The van der Waals surface area contributed by atoms with Crippen molar-refractivity contribution in [2.24, 2.45) is 5.41 Å². The lowest BCUT2D eigenvalue weighted by atomic mass is 9.72. The molecule has 3 aromatic heterocycles. The number of halogens is 1. The number of amides is 3. The van der Waals surface area contributed by atoms with Crippen molar-refractivity contribution in [2.45, 2.75) is 69.9 Å². The maximum Gasteiger partial charge on any atom is 0.270 e. The third-order valence-corrected chi connectivity index (χ3v) is 11.6. The number of carbonyl (C=O) groups excluding carboxylic acids is 3. The van der Waals surface area contributed by atoms with E-state index in [2.05, 4.69) is 47.1 Å². The van der Waals surface area contributed by atoms with E-state index in [1.165, 1.54) is 0 Å². The van der Waals surface area contributed by atoms with E-state index in [0.29, 0.717) is 40.7 Å². The van der Waals surface area contributed by atoms with Gasteiger partial charge in [-0.2, -0.15) is 4.98 Å². The molecule has 8 rings (SSSR count). The van der Waals surface area contributed by atoms with Crippen LogP contribution in [0.4, 0.5) is 17.5 Å². The van der Waals surface area contributed by atoms with Crippen molar-refractivity contribution in [1.29, 1.82) is 0 Å². The van der Waals surface area contributed by atoms with Gasteiger partial charge in [0.1, 0.15) is 17.2 Å². The number of piperidine rings is 2. The van der Waals surface area contributed by atoms with E-state index >= 15 is 0 Å². The first-order chi connectivity index (χ1) is 24.6. The van der Waals surface area contributed by atoms with Crippen molar-refractivity contribution in [2.75, 3.05) is 50.5 Å². The quantitative estimate of drug-likeness (QED) is 0.223. The maximum absolute atomic E-state index is 13.0. The number of nitrogens with one attached hydrogen (secondary N) is 2. The zero-order valence-corrected chi connectivity index (χ0v) is 30.0. The van der Waals surface area contributed by atoms with Crippen LogP contribution in [0.1, 0.15) is 84.9 Å². The van der Waals surface area contributed by atoms with Gasteiger partial charge in [-0.25, -0.2) is 9.97 Å². The molecule has 2 N–H and O–H groups in total. The second kappa shape index (κ2) is 13.5. The fourth-order valence-electron chi connectivity index (χ4n) is 8.51. The molecule has 1 saturated carbocycles. The number of hydrogen-bond acceptors (Lipinski definition) is 9. The molecule has 4 aliphatic rings. The van der Waals surface area contributed by atoms with Gasteiger partial charge >= 0.3 is 0 Å². The Morgan fingerprint density at radius 1 is 1.02 bits per heavy atom. The molecule has 1 atom stereocenters. The summed E-state index contributed by atoms with van der Waals surface area (Å²) in [5.74, 6) is 0.265. The highest BCUT2D eigenvalue weighted by molar-refractivity contribution is 6.32. The summed E-state index contributed by atoms with van der Waals surface area (Å²) in [7, 11) is 3.56. The molecule has 1 aliphatic carbocycles. The van der Waals surface area contributed by atoms with Crippen molar-refractivity contribution < 1.29 is 14.4 Å². The number of fused-ring (bicyclic) bond motifs is 1. The number of aromatic nitrogens is 4. The summed E-state index contributed by atoms with van der Waals surface area (Å²) >= 11 is 6.67. The van der Waals surface area contributed by atoms with Crippen LogP contribution in [0.15, 0.2) is 48.8 Å². The molecule has 0 unspecified atom stereocenters. The van der Waals surface area contributed by atoms with Crippen molar-refractivity contribution in [1.82, 2.24) is 34.6 Å². The Bertz CT molecular complexity index is 1970.